The lowest BCUT2D eigenvalue weighted by atomic mass is 10.2. The molecule has 0 fully saturated rings. The molecule has 0 bridgehead atoms. The van der Waals surface area contributed by atoms with Crippen molar-refractivity contribution < 1.29 is 4.79 Å². The van der Waals surface area contributed by atoms with Gasteiger partial charge in [0.15, 0.2) is 0 Å². The largest absolute Gasteiger partial charge is 0.374 e. The lowest BCUT2D eigenvalue weighted by Gasteiger charge is -2.12. The molecule has 0 atom stereocenters. The van der Waals surface area contributed by atoms with Gasteiger partial charge in [-0.1, -0.05) is 17.7 Å². The van der Waals surface area contributed by atoms with E-state index in [4.69, 9.17) is 11.6 Å². The van der Waals surface area contributed by atoms with E-state index < -0.39 is 0 Å². The van der Waals surface area contributed by atoms with Crippen LogP contribution in [0.4, 0.5) is 11.4 Å². The Labute approximate surface area is 145 Å². The summed E-state index contributed by atoms with van der Waals surface area (Å²) < 4.78 is 1.81. The standard InChI is InChI=1S/C15H13Br2ClN2O/c1-9-5-12(16)15(13(17)6-9)19-8-14(21)20-11-4-2-3-10(18)7-11/h2-7,19H,8H2,1H3,(H,20,21). The van der Waals surface area contributed by atoms with Crippen molar-refractivity contribution in [1.82, 2.24) is 0 Å². The smallest absolute Gasteiger partial charge is 0.243 e. The first-order chi connectivity index (χ1) is 9.95. The molecule has 6 heteroatoms. The first-order valence-electron chi connectivity index (χ1n) is 6.20. The molecule has 0 aliphatic carbocycles. The Hall–Kier alpha value is -1.04. The highest BCUT2D eigenvalue weighted by atomic mass is 79.9. The fraction of sp³-hybridized carbons (Fsp3) is 0.133. The first kappa shape index (κ1) is 16.3. The van der Waals surface area contributed by atoms with E-state index in [0.29, 0.717) is 10.7 Å². The number of amides is 1. The second-order valence-corrected chi connectivity index (χ2v) is 6.66. The number of aryl methyl sites for hydroxylation is 1. The molecular weight excluding hydrogens is 419 g/mol. The Morgan fingerprint density at radius 1 is 1.19 bits per heavy atom. The number of halogens is 3. The van der Waals surface area contributed by atoms with E-state index >= 15 is 0 Å². The minimum Gasteiger partial charge on any atom is -0.374 e. The van der Waals surface area contributed by atoms with Crippen LogP contribution in [0.25, 0.3) is 0 Å². The third-order valence-corrected chi connectivity index (χ3v) is 4.21. The van der Waals surface area contributed by atoms with Gasteiger partial charge in [-0.3, -0.25) is 4.79 Å². The van der Waals surface area contributed by atoms with Crippen molar-refractivity contribution in [2.24, 2.45) is 0 Å². The molecule has 0 saturated carbocycles. The van der Waals surface area contributed by atoms with Crippen molar-refractivity contribution in [3.8, 4) is 0 Å². The quantitative estimate of drug-likeness (QED) is 0.695. The van der Waals surface area contributed by atoms with Crippen LogP contribution in [-0.2, 0) is 4.79 Å². The maximum atomic E-state index is 11.9. The van der Waals surface area contributed by atoms with Crippen molar-refractivity contribution >= 4 is 60.7 Å². The fourth-order valence-electron chi connectivity index (χ4n) is 1.81. The lowest BCUT2D eigenvalue weighted by molar-refractivity contribution is -0.114. The molecule has 21 heavy (non-hydrogen) atoms. The van der Waals surface area contributed by atoms with Gasteiger partial charge in [0.2, 0.25) is 5.91 Å². The molecule has 2 N–H and O–H groups in total. The van der Waals surface area contributed by atoms with Crippen molar-refractivity contribution in [2.75, 3.05) is 17.2 Å². The summed E-state index contributed by atoms with van der Waals surface area (Å²) in [7, 11) is 0. The van der Waals surface area contributed by atoms with Gasteiger partial charge in [0.1, 0.15) is 0 Å². The fourth-order valence-corrected chi connectivity index (χ4v) is 3.69. The Kier molecular flexibility index (Phi) is 5.67. The summed E-state index contributed by atoms with van der Waals surface area (Å²) in [6.45, 7) is 2.16. The molecule has 110 valence electrons. The zero-order chi connectivity index (χ0) is 15.4. The van der Waals surface area contributed by atoms with Crippen molar-refractivity contribution in [1.29, 1.82) is 0 Å². The Balaban J connectivity index is 1.99. The Bertz CT molecular complexity index is 653. The number of hydrogen-bond donors (Lipinski definition) is 2. The minimum atomic E-state index is -0.142. The molecule has 2 aromatic rings. The van der Waals surface area contributed by atoms with Gasteiger partial charge in [-0.05, 0) is 74.7 Å². The van der Waals surface area contributed by atoms with Gasteiger partial charge in [0.25, 0.3) is 0 Å². The predicted molar refractivity (Wildman–Crippen MR) is 95.2 cm³/mol. The SMILES string of the molecule is Cc1cc(Br)c(NCC(=O)Nc2cccc(Cl)c2)c(Br)c1. The van der Waals surface area contributed by atoms with Crippen molar-refractivity contribution in [2.45, 2.75) is 6.92 Å². The molecule has 0 spiro atoms. The highest BCUT2D eigenvalue weighted by Gasteiger charge is 2.08. The Morgan fingerprint density at radius 3 is 2.48 bits per heavy atom. The van der Waals surface area contributed by atoms with Gasteiger partial charge in [0.05, 0.1) is 12.2 Å². The molecule has 0 saturated heterocycles. The van der Waals surface area contributed by atoms with E-state index in [9.17, 15) is 4.79 Å². The number of rotatable bonds is 4. The summed E-state index contributed by atoms with van der Waals surface area (Å²) in [5.41, 5.74) is 2.65. The maximum Gasteiger partial charge on any atom is 0.243 e. The van der Waals surface area contributed by atoms with Gasteiger partial charge in [-0.15, -0.1) is 0 Å². The first-order valence-corrected chi connectivity index (χ1v) is 8.17. The van der Waals surface area contributed by atoms with E-state index in [1.165, 1.54) is 0 Å². The van der Waals surface area contributed by atoms with Crippen LogP contribution in [0.3, 0.4) is 0 Å². The van der Waals surface area contributed by atoms with Crippen LogP contribution < -0.4 is 10.6 Å². The van der Waals surface area contributed by atoms with Gasteiger partial charge < -0.3 is 10.6 Å². The molecule has 0 unspecified atom stereocenters. The van der Waals surface area contributed by atoms with Crippen molar-refractivity contribution in [3.63, 3.8) is 0 Å². The highest BCUT2D eigenvalue weighted by Crippen LogP contribution is 2.32. The van der Waals surface area contributed by atoms with E-state index in [-0.39, 0.29) is 12.5 Å². The van der Waals surface area contributed by atoms with Crippen LogP contribution >= 0.6 is 43.5 Å². The Morgan fingerprint density at radius 2 is 1.86 bits per heavy atom. The van der Waals surface area contributed by atoms with Gasteiger partial charge in [0, 0.05) is 19.7 Å². The molecule has 1 amide bonds. The summed E-state index contributed by atoms with van der Waals surface area (Å²) >= 11 is 12.8. The summed E-state index contributed by atoms with van der Waals surface area (Å²) in [4.78, 5) is 11.9. The predicted octanol–water partition coefficient (Wildman–Crippen LogP) is 5.22. The van der Waals surface area contributed by atoms with Crippen molar-refractivity contribution in [3.05, 3.63) is 55.9 Å². The molecule has 2 rings (SSSR count). The second-order valence-electron chi connectivity index (χ2n) is 4.52. The van der Waals surface area contributed by atoms with E-state index in [1.54, 1.807) is 24.3 Å². The molecule has 0 aromatic heterocycles. The number of nitrogens with one attached hydrogen (secondary N) is 2. The average molecular weight is 433 g/mol. The summed E-state index contributed by atoms with van der Waals surface area (Å²) in [5.74, 6) is -0.142. The number of carbonyl (C=O) groups is 1. The van der Waals surface area contributed by atoms with Crippen LogP contribution in [0.2, 0.25) is 5.02 Å². The summed E-state index contributed by atoms with van der Waals surface area (Å²) in [5, 5.41) is 6.48. The third-order valence-electron chi connectivity index (χ3n) is 2.72. The molecule has 0 heterocycles. The van der Waals surface area contributed by atoms with Crippen LogP contribution in [0.1, 0.15) is 5.56 Å². The van der Waals surface area contributed by atoms with Crippen LogP contribution in [0.15, 0.2) is 45.3 Å². The van der Waals surface area contributed by atoms with Gasteiger partial charge in [-0.2, -0.15) is 0 Å². The molecule has 2 aromatic carbocycles. The number of anilines is 2. The van der Waals surface area contributed by atoms with Crippen LogP contribution in [-0.4, -0.2) is 12.5 Å². The minimum absolute atomic E-state index is 0.142. The lowest BCUT2D eigenvalue weighted by Crippen LogP contribution is -2.22. The van der Waals surface area contributed by atoms with Gasteiger partial charge >= 0.3 is 0 Å². The van der Waals surface area contributed by atoms with Crippen LogP contribution in [0.5, 0.6) is 0 Å². The number of benzene rings is 2. The normalized spacial score (nSPS) is 10.3. The van der Waals surface area contributed by atoms with E-state index in [1.807, 2.05) is 19.1 Å². The number of hydrogen-bond acceptors (Lipinski definition) is 2. The zero-order valence-corrected chi connectivity index (χ0v) is 15.1. The molecule has 0 aliphatic heterocycles. The monoisotopic (exact) mass is 430 g/mol. The molecule has 3 nitrogen and oxygen atoms in total. The zero-order valence-electron chi connectivity index (χ0n) is 11.2. The topological polar surface area (TPSA) is 41.1 Å². The summed E-state index contributed by atoms with van der Waals surface area (Å²) in [6, 6.07) is 11.0. The molecular formula is C15H13Br2ClN2O. The maximum absolute atomic E-state index is 11.9. The molecule has 0 radical (unpaired) electrons. The van der Waals surface area contributed by atoms with E-state index in [2.05, 4.69) is 42.5 Å². The van der Waals surface area contributed by atoms with Crippen LogP contribution in [0, 0.1) is 6.92 Å². The van der Waals surface area contributed by atoms with Gasteiger partial charge in [-0.25, -0.2) is 0 Å². The average Bonchev–Trinajstić information content (AvgIpc) is 2.37. The molecule has 0 aliphatic rings. The van der Waals surface area contributed by atoms with E-state index in [0.717, 1.165) is 20.2 Å². The third kappa shape index (κ3) is 4.73. The summed E-state index contributed by atoms with van der Waals surface area (Å²) in [6.07, 6.45) is 0. The highest BCUT2D eigenvalue weighted by molar-refractivity contribution is 9.11. The second kappa shape index (κ2) is 7.29. The number of carbonyl (C=O) groups excluding carboxylic acids is 1.